The van der Waals surface area contributed by atoms with Gasteiger partial charge in [-0.05, 0) is 0 Å². The normalized spacial score (nSPS) is 11.6. The molecule has 86 valence electrons. The zero-order valence-electron chi connectivity index (χ0n) is 7.32. The van der Waals surface area contributed by atoms with Crippen LogP contribution in [0.1, 0.15) is 23.2 Å². The highest BCUT2D eigenvalue weighted by Crippen LogP contribution is 2.41. The number of nitriles is 1. The number of rotatable bonds is 1. The van der Waals surface area contributed by atoms with Crippen LogP contribution in [0.2, 0.25) is 5.02 Å². The van der Waals surface area contributed by atoms with Crippen LogP contribution in [0.4, 0.5) is 22.0 Å². The first kappa shape index (κ1) is 12.6. The van der Waals surface area contributed by atoms with Gasteiger partial charge in [-0.15, -0.1) is 0 Å². The minimum Gasteiger partial charge on any atom is -0.243 e. The zero-order chi connectivity index (χ0) is 12.5. The van der Waals surface area contributed by atoms with Gasteiger partial charge in [0.1, 0.15) is 11.8 Å². The van der Waals surface area contributed by atoms with Gasteiger partial charge in [-0.25, -0.2) is 13.8 Å². The summed E-state index contributed by atoms with van der Waals surface area (Å²) < 4.78 is 62.2. The van der Waals surface area contributed by atoms with E-state index in [4.69, 9.17) is 16.9 Å². The predicted octanol–water partition coefficient (Wildman–Crippen LogP) is 3.56. The lowest BCUT2D eigenvalue weighted by Crippen LogP contribution is -2.13. The molecule has 1 aromatic rings. The minimum atomic E-state index is -5.06. The Labute approximate surface area is 91.3 Å². The number of halogens is 6. The molecule has 0 bridgehead atoms. The van der Waals surface area contributed by atoms with Crippen LogP contribution in [-0.2, 0) is 6.18 Å². The van der Waals surface area contributed by atoms with Gasteiger partial charge in [-0.3, -0.25) is 0 Å². The summed E-state index contributed by atoms with van der Waals surface area (Å²) in [5.74, 6) is 0. The van der Waals surface area contributed by atoms with Gasteiger partial charge in [-0.1, -0.05) is 11.6 Å². The van der Waals surface area contributed by atoms with E-state index in [1.54, 1.807) is 0 Å². The summed E-state index contributed by atoms with van der Waals surface area (Å²) in [5, 5.41) is 7.44. The van der Waals surface area contributed by atoms with Gasteiger partial charge in [0.15, 0.2) is 0 Å². The number of nitrogens with zero attached hydrogens (tertiary/aromatic N) is 2. The Morgan fingerprint density at radius 1 is 1.38 bits per heavy atom. The molecule has 0 spiro atoms. The molecule has 16 heavy (non-hydrogen) atoms. The van der Waals surface area contributed by atoms with Crippen LogP contribution < -0.4 is 0 Å². The van der Waals surface area contributed by atoms with E-state index in [1.807, 2.05) is 0 Å². The van der Waals surface area contributed by atoms with Gasteiger partial charge < -0.3 is 0 Å². The molecule has 1 heterocycles. The third-order valence-corrected chi connectivity index (χ3v) is 1.96. The molecule has 0 unspecified atom stereocenters. The van der Waals surface area contributed by atoms with Crippen molar-refractivity contribution in [2.24, 2.45) is 0 Å². The number of hydrogen-bond acceptors (Lipinski definition) is 2. The van der Waals surface area contributed by atoms with Crippen molar-refractivity contribution in [2.75, 3.05) is 0 Å². The van der Waals surface area contributed by atoms with Crippen LogP contribution in [0.15, 0.2) is 6.20 Å². The highest BCUT2D eigenvalue weighted by atomic mass is 35.5. The summed E-state index contributed by atoms with van der Waals surface area (Å²) in [4.78, 5) is 3.12. The summed E-state index contributed by atoms with van der Waals surface area (Å²) in [5.41, 5.74) is -4.18. The molecule has 0 aliphatic heterocycles. The van der Waals surface area contributed by atoms with Crippen molar-refractivity contribution in [3.63, 3.8) is 0 Å². The SMILES string of the molecule is N#Cc1ncc(Cl)c(C(F)(F)F)c1C(F)F. The number of alkyl halides is 5. The lowest BCUT2D eigenvalue weighted by atomic mass is 10.1. The first-order valence-electron chi connectivity index (χ1n) is 3.73. The van der Waals surface area contributed by atoms with Crippen LogP contribution >= 0.6 is 11.6 Å². The van der Waals surface area contributed by atoms with E-state index in [0.29, 0.717) is 6.20 Å². The third kappa shape index (κ3) is 2.22. The average Bonchev–Trinajstić information content (AvgIpc) is 2.15. The van der Waals surface area contributed by atoms with Gasteiger partial charge in [0.25, 0.3) is 6.43 Å². The molecule has 0 aliphatic carbocycles. The molecular weight excluding hydrogens is 255 g/mol. The van der Waals surface area contributed by atoms with Gasteiger partial charge in [-0.2, -0.15) is 18.4 Å². The van der Waals surface area contributed by atoms with Crippen molar-refractivity contribution >= 4 is 11.6 Å². The second-order valence-corrected chi connectivity index (χ2v) is 3.06. The smallest absolute Gasteiger partial charge is 0.243 e. The Balaban J connectivity index is 3.63. The van der Waals surface area contributed by atoms with Crippen LogP contribution in [0, 0.1) is 11.3 Å². The lowest BCUT2D eigenvalue weighted by molar-refractivity contribution is -0.139. The third-order valence-electron chi connectivity index (χ3n) is 1.68. The molecule has 0 amide bonds. The Morgan fingerprint density at radius 2 is 1.94 bits per heavy atom. The van der Waals surface area contributed by atoms with Crippen molar-refractivity contribution in [1.29, 1.82) is 5.26 Å². The number of hydrogen-bond donors (Lipinski definition) is 0. The van der Waals surface area contributed by atoms with Gasteiger partial charge in [0.05, 0.1) is 16.1 Å². The topological polar surface area (TPSA) is 36.7 Å². The van der Waals surface area contributed by atoms with Gasteiger partial charge >= 0.3 is 6.18 Å². The maximum absolute atomic E-state index is 12.4. The van der Waals surface area contributed by atoms with E-state index in [9.17, 15) is 22.0 Å². The Bertz CT molecular complexity index is 449. The summed E-state index contributed by atoms with van der Waals surface area (Å²) in [7, 11) is 0. The van der Waals surface area contributed by atoms with E-state index in [0.717, 1.165) is 0 Å². The lowest BCUT2D eigenvalue weighted by Gasteiger charge is -2.14. The molecule has 8 heteroatoms. The molecule has 0 N–H and O–H groups in total. The highest BCUT2D eigenvalue weighted by Gasteiger charge is 2.40. The maximum atomic E-state index is 12.4. The highest BCUT2D eigenvalue weighted by molar-refractivity contribution is 6.31. The Kier molecular flexibility index (Phi) is 3.33. The van der Waals surface area contributed by atoms with Crippen molar-refractivity contribution < 1.29 is 22.0 Å². The minimum absolute atomic E-state index is 0.523. The standard InChI is InChI=1S/C8H2ClF5N2/c9-3-2-16-4(1-15)5(7(10)11)6(3)8(12,13)14/h2,7H. The second kappa shape index (κ2) is 4.22. The molecule has 0 aliphatic rings. The molecule has 2 nitrogen and oxygen atoms in total. The summed E-state index contributed by atoms with van der Waals surface area (Å²) in [6.45, 7) is 0. The number of pyridine rings is 1. The Hall–Kier alpha value is -1.42. The zero-order valence-corrected chi connectivity index (χ0v) is 8.07. The average molecular weight is 257 g/mol. The first-order valence-corrected chi connectivity index (χ1v) is 4.10. The molecule has 0 saturated carbocycles. The molecule has 0 aromatic carbocycles. The first-order chi connectivity index (χ1) is 7.29. The Morgan fingerprint density at radius 3 is 2.31 bits per heavy atom. The molecule has 0 radical (unpaired) electrons. The molecule has 1 aromatic heterocycles. The quantitative estimate of drug-likeness (QED) is 0.720. The van der Waals surface area contributed by atoms with Gasteiger partial charge in [0, 0.05) is 6.20 Å². The van der Waals surface area contributed by atoms with Crippen molar-refractivity contribution in [3.8, 4) is 6.07 Å². The van der Waals surface area contributed by atoms with E-state index in [2.05, 4.69) is 4.98 Å². The van der Waals surface area contributed by atoms with Crippen molar-refractivity contribution in [3.05, 3.63) is 28.0 Å². The largest absolute Gasteiger partial charge is 0.418 e. The molecule has 0 atom stereocenters. The summed E-state index contributed by atoms with van der Waals surface area (Å²) in [6, 6.07) is 1.17. The second-order valence-electron chi connectivity index (χ2n) is 2.65. The van der Waals surface area contributed by atoms with Gasteiger partial charge in [0.2, 0.25) is 0 Å². The van der Waals surface area contributed by atoms with E-state index < -0.39 is 34.4 Å². The molecular formula is C8H2ClF5N2. The van der Waals surface area contributed by atoms with E-state index >= 15 is 0 Å². The van der Waals surface area contributed by atoms with E-state index in [1.165, 1.54) is 6.07 Å². The number of aromatic nitrogens is 1. The fraction of sp³-hybridized carbons (Fsp3) is 0.250. The van der Waals surface area contributed by atoms with Crippen LogP contribution in [-0.4, -0.2) is 4.98 Å². The van der Waals surface area contributed by atoms with Crippen LogP contribution in [0.3, 0.4) is 0 Å². The predicted molar refractivity (Wildman–Crippen MR) is 43.9 cm³/mol. The summed E-state index contributed by atoms with van der Waals surface area (Å²) in [6.07, 6.45) is -8.01. The van der Waals surface area contributed by atoms with Crippen LogP contribution in [0.25, 0.3) is 0 Å². The fourth-order valence-corrected chi connectivity index (χ4v) is 1.35. The monoisotopic (exact) mass is 256 g/mol. The molecule has 0 saturated heterocycles. The molecule has 1 rings (SSSR count). The maximum Gasteiger partial charge on any atom is 0.418 e. The van der Waals surface area contributed by atoms with E-state index in [-0.39, 0.29) is 0 Å². The fourth-order valence-electron chi connectivity index (χ4n) is 1.09. The summed E-state index contributed by atoms with van der Waals surface area (Å²) >= 11 is 5.16. The van der Waals surface area contributed by atoms with Crippen molar-refractivity contribution in [2.45, 2.75) is 12.6 Å². The van der Waals surface area contributed by atoms with Crippen molar-refractivity contribution in [1.82, 2.24) is 4.98 Å². The molecule has 0 fully saturated rings. The van der Waals surface area contributed by atoms with Crippen LogP contribution in [0.5, 0.6) is 0 Å².